The minimum atomic E-state index is 0.406. The highest BCUT2D eigenvalue weighted by atomic mass is 16.4. The lowest BCUT2D eigenvalue weighted by molar-refractivity contribution is 0.482. The summed E-state index contributed by atoms with van der Waals surface area (Å²) < 4.78 is 5.52. The Hall–Kier alpha value is -1.03. The smallest absolute Gasteiger partial charge is 0.297 e. The van der Waals surface area contributed by atoms with E-state index < -0.39 is 0 Å². The fourth-order valence-corrected chi connectivity index (χ4v) is 1.59. The van der Waals surface area contributed by atoms with Crippen molar-refractivity contribution in [3.63, 3.8) is 0 Å². The molecule has 0 aliphatic heterocycles. The van der Waals surface area contributed by atoms with Crippen LogP contribution < -0.4 is 10.2 Å². The van der Waals surface area contributed by atoms with Gasteiger partial charge in [0.1, 0.15) is 6.26 Å². The Labute approximate surface area is 98.0 Å². The molecule has 0 radical (unpaired) electrons. The highest BCUT2D eigenvalue weighted by Gasteiger charge is 2.17. The zero-order valence-corrected chi connectivity index (χ0v) is 10.9. The summed E-state index contributed by atoms with van der Waals surface area (Å²) in [5, 5.41) is 3.07. The van der Waals surface area contributed by atoms with E-state index in [1.807, 2.05) is 7.05 Å². The minimum Gasteiger partial charge on any atom is -0.432 e. The second-order valence-corrected chi connectivity index (χ2v) is 4.79. The molecule has 0 bridgehead atoms. The molecule has 0 amide bonds. The first-order valence-corrected chi connectivity index (χ1v) is 5.90. The van der Waals surface area contributed by atoms with E-state index in [9.17, 15) is 0 Å². The monoisotopic (exact) mass is 225 g/mol. The van der Waals surface area contributed by atoms with Crippen LogP contribution in [0.4, 0.5) is 6.01 Å². The van der Waals surface area contributed by atoms with Crippen LogP contribution in [0.25, 0.3) is 0 Å². The van der Waals surface area contributed by atoms with Gasteiger partial charge in [-0.25, -0.2) is 0 Å². The van der Waals surface area contributed by atoms with Gasteiger partial charge in [-0.05, 0) is 26.8 Å². The molecule has 1 aromatic heterocycles. The molecule has 16 heavy (non-hydrogen) atoms. The molecule has 4 heteroatoms. The van der Waals surface area contributed by atoms with Crippen molar-refractivity contribution in [2.75, 3.05) is 18.5 Å². The van der Waals surface area contributed by atoms with Gasteiger partial charge in [0.15, 0.2) is 0 Å². The lowest BCUT2D eigenvalue weighted by Gasteiger charge is -2.26. The molecule has 4 nitrogen and oxygen atoms in total. The third-order valence-corrected chi connectivity index (χ3v) is 2.33. The molecule has 0 saturated heterocycles. The summed E-state index contributed by atoms with van der Waals surface area (Å²) in [6, 6.07) is 1.14. The number of hydrogen-bond donors (Lipinski definition) is 1. The van der Waals surface area contributed by atoms with E-state index >= 15 is 0 Å². The largest absolute Gasteiger partial charge is 0.432 e. The van der Waals surface area contributed by atoms with Crippen molar-refractivity contribution in [2.24, 2.45) is 5.92 Å². The van der Waals surface area contributed by atoms with Gasteiger partial charge < -0.3 is 14.6 Å². The summed E-state index contributed by atoms with van der Waals surface area (Å²) in [6.45, 7) is 10.4. The number of nitrogens with zero attached hydrogens (tertiary/aromatic N) is 2. The first-order valence-electron chi connectivity index (χ1n) is 5.90. The molecule has 1 rings (SSSR count). The number of rotatable bonds is 6. The summed E-state index contributed by atoms with van der Waals surface area (Å²) in [7, 11) is 1.91. The second-order valence-electron chi connectivity index (χ2n) is 4.79. The highest BCUT2D eigenvalue weighted by Crippen LogP contribution is 2.18. The maximum Gasteiger partial charge on any atom is 0.297 e. The van der Waals surface area contributed by atoms with E-state index in [4.69, 9.17) is 4.42 Å². The quantitative estimate of drug-likeness (QED) is 0.806. The van der Waals surface area contributed by atoms with Gasteiger partial charge in [-0.15, -0.1) is 0 Å². The van der Waals surface area contributed by atoms with E-state index in [2.05, 4.69) is 42.9 Å². The Bertz CT molecular complexity index is 307. The zero-order valence-electron chi connectivity index (χ0n) is 10.9. The van der Waals surface area contributed by atoms with Crippen LogP contribution in [0.5, 0.6) is 0 Å². The summed E-state index contributed by atoms with van der Waals surface area (Å²) in [4.78, 5) is 6.67. The fraction of sp³-hybridized carbons (Fsp3) is 0.750. The Morgan fingerprint density at radius 1 is 1.38 bits per heavy atom. The molecule has 92 valence electrons. The Kier molecular flexibility index (Phi) is 4.80. The summed E-state index contributed by atoms with van der Waals surface area (Å²) in [5.41, 5.74) is 0.951. The lowest BCUT2D eigenvalue weighted by atomic mass is 10.2. The van der Waals surface area contributed by atoms with Crippen molar-refractivity contribution in [3.8, 4) is 0 Å². The maximum atomic E-state index is 5.52. The van der Waals surface area contributed by atoms with Crippen LogP contribution in [0.3, 0.4) is 0 Å². The molecule has 1 aromatic rings. The van der Waals surface area contributed by atoms with Crippen LogP contribution in [0.1, 0.15) is 33.4 Å². The van der Waals surface area contributed by atoms with E-state index in [0.29, 0.717) is 12.0 Å². The molecule has 0 atom stereocenters. The van der Waals surface area contributed by atoms with Gasteiger partial charge in [0.25, 0.3) is 6.01 Å². The van der Waals surface area contributed by atoms with Crippen molar-refractivity contribution in [1.82, 2.24) is 10.3 Å². The second kappa shape index (κ2) is 5.89. The van der Waals surface area contributed by atoms with Gasteiger partial charge in [0.2, 0.25) is 0 Å². The molecule has 1 heterocycles. The van der Waals surface area contributed by atoms with E-state index in [1.165, 1.54) is 0 Å². The van der Waals surface area contributed by atoms with Gasteiger partial charge in [-0.2, -0.15) is 4.98 Å². The van der Waals surface area contributed by atoms with Gasteiger partial charge in [0.05, 0.1) is 5.69 Å². The molecular formula is C12H23N3O. The zero-order chi connectivity index (χ0) is 12.1. The average Bonchev–Trinajstić information content (AvgIpc) is 2.62. The van der Waals surface area contributed by atoms with Gasteiger partial charge in [-0.1, -0.05) is 13.8 Å². The number of hydrogen-bond acceptors (Lipinski definition) is 4. The van der Waals surface area contributed by atoms with Crippen LogP contribution in [-0.2, 0) is 6.54 Å². The van der Waals surface area contributed by atoms with Crippen molar-refractivity contribution in [3.05, 3.63) is 12.0 Å². The fourth-order valence-electron chi connectivity index (χ4n) is 1.59. The van der Waals surface area contributed by atoms with Crippen molar-refractivity contribution in [2.45, 2.75) is 40.3 Å². The van der Waals surface area contributed by atoms with Crippen LogP contribution >= 0.6 is 0 Å². The SMILES string of the molecule is CNCc1coc(N(CC(C)C)C(C)C)n1. The van der Waals surface area contributed by atoms with Crippen LogP contribution in [0.15, 0.2) is 10.7 Å². The van der Waals surface area contributed by atoms with Crippen LogP contribution in [-0.4, -0.2) is 24.6 Å². The molecule has 0 aliphatic carbocycles. The third-order valence-electron chi connectivity index (χ3n) is 2.33. The molecule has 0 spiro atoms. The summed E-state index contributed by atoms with van der Waals surface area (Å²) in [5.74, 6) is 0.599. The van der Waals surface area contributed by atoms with E-state index in [0.717, 1.165) is 24.8 Å². The molecule has 0 fully saturated rings. The summed E-state index contributed by atoms with van der Waals surface area (Å²) in [6.07, 6.45) is 1.72. The van der Waals surface area contributed by atoms with Crippen molar-refractivity contribution in [1.29, 1.82) is 0 Å². The number of oxazole rings is 1. The average molecular weight is 225 g/mol. The molecule has 0 saturated carbocycles. The first kappa shape index (κ1) is 13.0. The standard InChI is InChI=1S/C12H23N3O/c1-9(2)7-15(10(3)4)12-14-11(6-13-5)8-16-12/h8-10,13H,6-7H2,1-5H3. The van der Waals surface area contributed by atoms with E-state index in [1.54, 1.807) is 6.26 Å². The van der Waals surface area contributed by atoms with Crippen LogP contribution in [0.2, 0.25) is 0 Å². The molecule has 0 aromatic carbocycles. The number of anilines is 1. The molecular weight excluding hydrogens is 202 g/mol. The van der Waals surface area contributed by atoms with Gasteiger partial charge in [0, 0.05) is 19.1 Å². The van der Waals surface area contributed by atoms with E-state index in [-0.39, 0.29) is 0 Å². The Morgan fingerprint density at radius 3 is 2.56 bits per heavy atom. The normalized spacial score (nSPS) is 11.4. The third kappa shape index (κ3) is 3.52. The predicted molar refractivity (Wildman–Crippen MR) is 66.6 cm³/mol. The topological polar surface area (TPSA) is 41.3 Å². The Balaban J connectivity index is 2.76. The number of nitrogens with one attached hydrogen (secondary N) is 1. The first-order chi connectivity index (χ1) is 7.54. The molecule has 1 N–H and O–H groups in total. The lowest BCUT2D eigenvalue weighted by Crippen LogP contribution is -2.34. The highest BCUT2D eigenvalue weighted by molar-refractivity contribution is 5.28. The predicted octanol–water partition coefficient (Wildman–Crippen LogP) is 2.26. The summed E-state index contributed by atoms with van der Waals surface area (Å²) >= 11 is 0. The van der Waals surface area contributed by atoms with Gasteiger partial charge >= 0.3 is 0 Å². The van der Waals surface area contributed by atoms with Crippen molar-refractivity contribution < 1.29 is 4.42 Å². The Morgan fingerprint density at radius 2 is 2.06 bits per heavy atom. The molecule has 0 aliphatic rings. The number of aromatic nitrogens is 1. The maximum absolute atomic E-state index is 5.52. The van der Waals surface area contributed by atoms with Crippen LogP contribution in [0, 0.1) is 5.92 Å². The molecule has 0 unspecified atom stereocenters. The van der Waals surface area contributed by atoms with Gasteiger partial charge in [-0.3, -0.25) is 0 Å². The van der Waals surface area contributed by atoms with Crippen molar-refractivity contribution >= 4 is 6.01 Å². The minimum absolute atomic E-state index is 0.406.